The van der Waals surface area contributed by atoms with Crippen LogP contribution in [0.5, 0.6) is 0 Å². The van der Waals surface area contributed by atoms with Crippen LogP contribution in [-0.4, -0.2) is 17.5 Å². The van der Waals surface area contributed by atoms with Crippen LogP contribution < -0.4 is 5.06 Å². The number of benzene rings is 3. The number of rotatable bonds is 6. The SMILES string of the molecule is CCOC(=O)[C@H]1[C@@H](c2ccccc2)ON(c2ccccc2)[C@@H]1c1cccc([N+](=O)[O-])c1. The molecule has 1 aliphatic heterocycles. The molecule has 1 fully saturated rings. The summed E-state index contributed by atoms with van der Waals surface area (Å²) in [6.45, 7) is 1.98. The predicted octanol–water partition coefficient (Wildman–Crippen LogP) is 5.01. The molecule has 7 heteroatoms. The van der Waals surface area contributed by atoms with Crippen LogP contribution in [0.3, 0.4) is 0 Å². The predicted molar refractivity (Wildman–Crippen MR) is 115 cm³/mol. The van der Waals surface area contributed by atoms with Gasteiger partial charge in [-0.25, -0.2) is 5.06 Å². The number of carbonyl (C=O) groups excluding carboxylic acids is 1. The first-order valence-corrected chi connectivity index (χ1v) is 10.1. The van der Waals surface area contributed by atoms with E-state index in [-0.39, 0.29) is 12.3 Å². The Morgan fingerprint density at radius 3 is 2.29 bits per heavy atom. The molecule has 3 aromatic carbocycles. The molecule has 0 saturated carbocycles. The van der Waals surface area contributed by atoms with E-state index in [2.05, 4.69) is 0 Å². The molecule has 1 heterocycles. The van der Waals surface area contributed by atoms with E-state index in [1.54, 1.807) is 24.1 Å². The molecule has 1 saturated heterocycles. The molecule has 0 bridgehead atoms. The molecule has 0 spiro atoms. The third-order valence-electron chi connectivity index (χ3n) is 5.27. The van der Waals surface area contributed by atoms with E-state index < -0.39 is 29.0 Å². The van der Waals surface area contributed by atoms with E-state index >= 15 is 0 Å². The molecule has 0 unspecified atom stereocenters. The summed E-state index contributed by atoms with van der Waals surface area (Å²) in [6.07, 6.45) is -0.607. The molecule has 3 aromatic rings. The quantitative estimate of drug-likeness (QED) is 0.318. The molecule has 1 aliphatic rings. The van der Waals surface area contributed by atoms with Crippen LogP contribution in [0.4, 0.5) is 11.4 Å². The van der Waals surface area contributed by atoms with Gasteiger partial charge in [-0.1, -0.05) is 60.7 Å². The number of esters is 1. The zero-order chi connectivity index (χ0) is 21.8. The summed E-state index contributed by atoms with van der Waals surface area (Å²) in [7, 11) is 0. The van der Waals surface area contributed by atoms with Gasteiger partial charge in [-0.3, -0.25) is 19.7 Å². The fourth-order valence-corrected chi connectivity index (χ4v) is 3.93. The van der Waals surface area contributed by atoms with E-state index in [0.717, 1.165) is 11.3 Å². The first kappa shape index (κ1) is 20.6. The number of para-hydroxylation sites is 1. The number of nitrogens with zero attached hydrogens (tertiary/aromatic N) is 2. The first-order valence-electron chi connectivity index (χ1n) is 10.1. The minimum atomic E-state index is -0.718. The third-order valence-corrected chi connectivity index (χ3v) is 5.27. The molecule has 3 atom stereocenters. The third kappa shape index (κ3) is 4.13. The van der Waals surface area contributed by atoms with Crippen molar-refractivity contribution in [2.45, 2.75) is 19.1 Å². The molecule has 0 N–H and O–H groups in total. The van der Waals surface area contributed by atoms with Gasteiger partial charge in [0, 0.05) is 12.1 Å². The van der Waals surface area contributed by atoms with Crippen molar-refractivity contribution >= 4 is 17.3 Å². The Morgan fingerprint density at radius 2 is 1.65 bits per heavy atom. The highest BCUT2D eigenvalue weighted by Gasteiger charge is 2.50. The lowest BCUT2D eigenvalue weighted by atomic mass is 9.86. The summed E-state index contributed by atoms with van der Waals surface area (Å²) in [5.41, 5.74) is 2.13. The van der Waals surface area contributed by atoms with Crippen LogP contribution in [0, 0.1) is 16.0 Å². The van der Waals surface area contributed by atoms with Crippen LogP contribution >= 0.6 is 0 Å². The second kappa shape index (κ2) is 8.97. The maximum absolute atomic E-state index is 13.1. The summed E-state index contributed by atoms with van der Waals surface area (Å²) in [5.74, 6) is -1.13. The zero-order valence-electron chi connectivity index (χ0n) is 17.0. The minimum absolute atomic E-state index is 0.0451. The van der Waals surface area contributed by atoms with Crippen LogP contribution in [0.25, 0.3) is 0 Å². The first-order chi connectivity index (χ1) is 15.1. The monoisotopic (exact) mass is 418 g/mol. The Bertz CT molecular complexity index is 1060. The summed E-state index contributed by atoms with van der Waals surface area (Å²) in [4.78, 5) is 30.4. The summed E-state index contributed by atoms with van der Waals surface area (Å²) < 4.78 is 5.41. The molecular formula is C24H22N2O5. The summed E-state index contributed by atoms with van der Waals surface area (Å²) >= 11 is 0. The minimum Gasteiger partial charge on any atom is -0.466 e. The second-order valence-electron chi connectivity index (χ2n) is 7.17. The summed E-state index contributed by atoms with van der Waals surface area (Å²) in [5, 5.41) is 13.1. The van der Waals surface area contributed by atoms with E-state index in [9.17, 15) is 14.9 Å². The van der Waals surface area contributed by atoms with Crippen molar-refractivity contribution in [2.75, 3.05) is 11.7 Å². The second-order valence-corrected chi connectivity index (χ2v) is 7.17. The van der Waals surface area contributed by atoms with Crippen molar-refractivity contribution in [1.29, 1.82) is 0 Å². The van der Waals surface area contributed by atoms with Crippen molar-refractivity contribution in [3.8, 4) is 0 Å². The Hall–Kier alpha value is -3.71. The van der Waals surface area contributed by atoms with Crippen LogP contribution in [0.15, 0.2) is 84.9 Å². The normalized spacial score (nSPS) is 20.4. The van der Waals surface area contributed by atoms with Gasteiger partial charge in [0.25, 0.3) is 5.69 Å². The Morgan fingerprint density at radius 1 is 1.00 bits per heavy atom. The number of non-ortho nitro benzene ring substituents is 1. The molecule has 4 rings (SSSR count). The number of anilines is 1. The lowest BCUT2D eigenvalue weighted by Gasteiger charge is -2.26. The maximum Gasteiger partial charge on any atom is 0.314 e. The number of hydrogen-bond donors (Lipinski definition) is 0. The van der Waals surface area contributed by atoms with Crippen molar-refractivity contribution in [3.63, 3.8) is 0 Å². The number of hydroxylamine groups is 1. The van der Waals surface area contributed by atoms with Gasteiger partial charge in [0.15, 0.2) is 0 Å². The highest BCUT2D eigenvalue weighted by molar-refractivity contribution is 5.76. The number of hydrogen-bond acceptors (Lipinski definition) is 6. The average Bonchev–Trinajstić information content (AvgIpc) is 3.21. The van der Waals surface area contributed by atoms with E-state index in [0.29, 0.717) is 5.56 Å². The van der Waals surface area contributed by atoms with Crippen LogP contribution in [0.1, 0.15) is 30.2 Å². The van der Waals surface area contributed by atoms with Crippen LogP contribution in [0.2, 0.25) is 0 Å². The highest BCUT2D eigenvalue weighted by Crippen LogP contribution is 2.49. The average molecular weight is 418 g/mol. The molecular weight excluding hydrogens is 396 g/mol. The van der Waals surface area contributed by atoms with E-state index in [1.807, 2.05) is 60.7 Å². The van der Waals surface area contributed by atoms with Gasteiger partial charge < -0.3 is 4.74 Å². The summed E-state index contributed by atoms with van der Waals surface area (Å²) in [6, 6.07) is 24.6. The van der Waals surface area contributed by atoms with Crippen molar-refractivity contribution in [2.24, 2.45) is 5.92 Å². The fourth-order valence-electron chi connectivity index (χ4n) is 3.93. The molecule has 7 nitrogen and oxygen atoms in total. The van der Waals surface area contributed by atoms with Gasteiger partial charge in [0.2, 0.25) is 0 Å². The van der Waals surface area contributed by atoms with Crippen molar-refractivity contribution in [1.82, 2.24) is 0 Å². The van der Waals surface area contributed by atoms with Gasteiger partial charge >= 0.3 is 5.97 Å². The zero-order valence-corrected chi connectivity index (χ0v) is 17.0. The van der Waals surface area contributed by atoms with Crippen molar-refractivity contribution in [3.05, 3.63) is 106 Å². The number of nitro benzene ring substituents is 1. The van der Waals surface area contributed by atoms with Gasteiger partial charge in [0.05, 0.1) is 23.3 Å². The van der Waals surface area contributed by atoms with E-state index in [4.69, 9.17) is 9.57 Å². The highest BCUT2D eigenvalue weighted by atomic mass is 16.7. The number of nitro groups is 1. The standard InChI is InChI=1S/C24H22N2O5/c1-2-30-24(27)21-22(18-12-9-15-20(16-18)26(28)29)25(19-13-7-4-8-14-19)31-23(21)17-10-5-3-6-11-17/h3-16,21-23H,2H2,1H3/t21-,22-,23-/m1/s1. The number of carbonyl (C=O) groups is 1. The lowest BCUT2D eigenvalue weighted by Crippen LogP contribution is -2.30. The fraction of sp³-hybridized carbons (Fsp3) is 0.208. The van der Waals surface area contributed by atoms with Crippen molar-refractivity contribution < 1.29 is 19.3 Å². The van der Waals surface area contributed by atoms with Gasteiger partial charge in [-0.05, 0) is 30.2 Å². The Balaban J connectivity index is 1.87. The Labute approximate surface area is 179 Å². The van der Waals surface area contributed by atoms with Gasteiger partial charge in [-0.2, -0.15) is 0 Å². The molecule has 0 amide bonds. The number of ether oxygens (including phenoxy) is 1. The molecule has 0 aromatic heterocycles. The largest absolute Gasteiger partial charge is 0.466 e. The van der Waals surface area contributed by atoms with Gasteiger partial charge in [0.1, 0.15) is 12.0 Å². The van der Waals surface area contributed by atoms with Crippen LogP contribution in [-0.2, 0) is 14.4 Å². The lowest BCUT2D eigenvalue weighted by molar-refractivity contribution is -0.384. The Kier molecular flexibility index (Phi) is 5.95. The molecule has 31 heavy (non-hydrogen) atoms. The maximum atomic E-state index is 13.1. The van der Waals surface area contributed by atoms with Gasteiger partial charge in [-0.15, -0.1) is 0 Å². The van der Waals surface area contributed by atoms with E-state index in [1.165, 1.54) is 12.1 Å². The molecule has 0 aliphatic carbocycles. The molecule has 158 valence electrons. The topological polar surface area (TPSA) is 81.9 Å². The molecule has 0 radical (unpaired) electrons. The smallest absolute Gasteiger partial charge is 0.314 e.